The van der Waals surface area contributed by atoms with E-state index in [1.165, 1.54) is 11.1 Å². The van der Waals surface area contributed by atoms with Crippen LogP contribution in [0.4, 0.5) is 11.5 Å². The van der Waals surface area contributed by atoms with Crippen LogP contribution in [0.15, 0.2) is 65.5 Å². The predicted octanol–water partition coefficient (Wildman–Crippen LogP) is 6.36. The first-order chi connectivity index (χ1) is 15.4. The molecule has 0 fully saturated rings. The van der Waals surface area contributed by atoms with Crippen molar-refractivity contribution in [3.05, 3.63) is 92.3 Å². The van der Waals surface area contributed by atoms with E-state index < -0.39 is 0 Å². The van der Waals surface area contributed by atoms with E-state index in [0.29, 0.717) is 34.1 Å². The molecule has 0 spiro atoms. The van der Waals surface area contributed by atoms with Crippen molar-refractivity contribution >= 4 is 68.0 Å². The van der Waals surface area contributed by atoms with Crippen LogP contribution in [-0.2, 0) is 13.1 Å². The van der Waals surface area contributed by atoms with E-state index in [4.69, 9.17) is 35.4 Å². The van der Waals surface area contributed by atoms with Crippen molar-refractivity contribution in [1.29, 1.82) is 0 Å². The first kappa shape index (κ1) is 22.8. The standard InChI is InChI=1S/C22H19BrCl2N6S/c1-14-2-4-15(5-3-14)10-30-12-18(9-26-30)27-22(32)28-21-19(23)13-31(29-21)11-16-6-7-17(24)8-20(16)25/h2-9,12-13H,10-11H2,1H3,(H2,27,28,29,32). The fourth-order valence-corrected chi connectivity index (χ4v) is 4.15. The van der Waals surface area contributed by atoms with Crippen molar-refractivity contribution in [3.8, 4) is 0 Å². The molecule has 0 aliphatic carbocycles. The molecule has 2 aromatic heterocycles. The highest BCUT2D eigenvalue weighted by molar-refractivity contribution is 9.10. The third-order valence-corrected chi connectivity index (χ3v) is 6.02. The fourth-order valence-electron chi connectivity index (χ4n) is 3.05. The van der Waals surface area contributed by atoms with E-state index in [9.17, 15) is 0 Å². The van der Waals surface area contributed by atoms with Gasteiger partial charge in [-0.2, -0.15) is 10.2 Å². The molecule has 6 nitrogen and oxygen atoms in total. The van der Waals surface area contributed by atoms with Crippen molar-refractivity contribution < 1.29 is 0 Å². The van der Waals surface area contributed by atoms with E-state index in [0.717, 1.165) is 15.7 Å². The number of benzene rings is 2. The molecule has 0 radical (unpaired) electrons. The van der Waals surface area contributed by atoms with Gasteiger partial charge in [0.1, 0.15) is 0 Å². The summed E-state index contributed by atoms with van der Waals surface area (Å²) in [6.45, 7) is 3.26. The minimum absolute atomic E-state index is 0.412. The molecular formula is C22H19BrCl2N6S. The summed E-state index contributed by atoms with van der Waals surface area (Å²) in [5.74, 6) is 0.597. The summed E-state index contributed by atoms with van der Waals surface area (Å²) in [6.07, 6.45) is 5.50. The Morgan fingerprint density at radius 2 is 1.81 bits per heavy atom. The van der Waals surface area contributed by atoms with Crippen molar-refractivity contribution in [2.45, 2.75) is 20.0 Å². The van der Waals surface area contributed by atoms with E-state index in [1.807, 2.05) is 23.1 Å². The molecule has 32 heavy (non-hydrogen) atoms. The molecule has 10 heteroatoms. The molecule has 2 N–H and O–H groups in total. The number of hydrogen-bond donors (Lipinski definition) is 2. The number of hydrogen-bond acceptors (Lipinski definition) is 3. The number of aryl methyl sites for hydroxylation is 1. The lowest BCUT2D eigenvalue weighted by Crippen LogP contribution is -2.19. The van der Waals surface area contributed by atoms with E-state index in [1.54, 1.807) is 23.0 Å². The normalized spacial score (nSPS) is 10.9. The SMILES string of the molecule is Cc1ccc(Cn2cc(NC(=S)Nc3nn(Cc4ccc(Cl)cc4Cl)cc3Br)cn2)cc1. The van der Waals surface area contributed by atoms with Crippen LogP contribution >= 0.6 is 51.3 Å². The van der Waals surface area contributed by atoms with E-state index in [2.05, 4.69) is 68.0 Å². The van der Waals surface area contributed by atoms with Gasteiger partial charge < -0.3 is 10.6 Å². The monoisotopic (exact) mass is 548 g/mol. The lowest BCUT2D eigenvalue weighted by molar-refractivity contribution is 0.687. The van der Waals surface area contributed by atoms with Gasteiger partial charge in [0, 0.05) is 22.4 Å². The van der Waals surface area contributed by atoms with Gasteiger partial charge in [-0.1, -0.05) is 59.1 Å². The molecule has 0 aliphatic rings. The molecule has 0 amide bonds. The maximum absolute atomic E-state index is 6.27. The highest BCUT2D eigenvalue weighted by Gasteiger charge is 2.11. The Bertz CT molecular complexity index is 1250. The first-order valence-electron chi connectivity index (χ1n) is 9.68. The van der Waals surface area contributed by atoms with Crippen LogP contribution in [0, 0.1) is 6.92 Å². The third-order valence-electron chi connectivity index (χ3n) is 4.65. The number of nitrogens with one attached hydrogen (secondary N) is 2. The minimum Gasteiger partial charge on any atom is -0.330 e. The molecule has 0 saturated heterocycles. The number of halogens is 3. The van der Waals surface area contributed by atoms with Crippen LogP contribution in [0.3, 0.4) is 0 Å². The Balaban J connectivity index is 1.36. The van der Waals surface area contributed by atoms with Gasteiger partial charge in [0.2, 0.25) is 0 Å². The number of nitrogens with zero attached hydrogens (tertiary/aromatic N) is 4. The topological polar surface area (TPSA) is 59.7 Å². The van der Waals surface area contributed by atoms with Gasteiger partial charge >= 0.3 is 0 Å². The van der Waals surface area contributed by atoms with Crippen LogP contribution in [-0.4, -0.2) is 24.7 Å². The van der Waals surface area contributed by atoms with Crippen molar-refractivity contribution in [2.24, 2.45) is 0 Å². The second kappa shape index (κ2) is 10.0. The highest BCUT2D eigenvalue weighted by Crippen LogP contribution is 2.25. The van der Waals surface area contributed by atoms with Crippen molar-refractivity contribution in [2.75, 3.05) is 10.6 Å². The van der Waals surface area contributed by atoms with Gasteiger partial charge in [-0.3, -0.25) is 9.36 Å². The van der Waals surface area contributed by atoms with Crippen LogP contribution in [0.1, 0.15) is 16.7 Å². The highest BCUT2D eigenvalue weighted by atomic mass is 79.9. The second-order valence-corrected chi connectivity index (χ2v) is 9.36. The molecule has 164 valence electrons. The van der Waals surface area contributed by atoms with Crippen LogP contribution in [0.25, 0.3) is 0 Å². The minimum atomic E-state index is 0.412. The van der Waals surface area contributed by atoms with E-state index in [-0.39, 0.29) is 0 Å². The largest absolute Gasteiger partial charge is 0.330 e. The predicted molar refractivity (Wildman–Crippen MR) is 138 cm³/mol. The zero-order valence-corrected chi connectivity index (χ0v) is 20.9. The Morgan fingerprint density at radius 3 is 2.56 bits per heavy atom. The zero-order chi connectivity index (χ0) is 22.7. The smallest absolute Gasteiger partial charge is 0.176 e. The Morgan fingerprint density at radius 1 is 1.03 bits per heavy atom. The summed E-state index contributed by atoms with van der Waals surface area (Å²) in [7, 11) is 0. The molecule has 0 aliphatic heterocycles. The summed E-state index contributed by atoms with van der Waals surface area (Å²) in [4.78, 5) is 0. The lowest BCUT2D eigenvalue weighted by Gasteiger charge is -2.07. The van der Waals surface area contributed by atoms with Gasteiger partial charge in [-0.25, -0.2) is 0 Å². The fraction of sp³-hybridized carbons (Fsp3) is 0.136. The van der Waals surface area contributed by atoms with Crippen LogP contribution < -0.4 is 10.6 Å². The molecule has 0 saturated carbocycles. The summed E-state index contributed by atoms with van der Waals surface area (Å²) in [5.41, 5.74) is 4.12. The molecule has 0 atom stereocenters. The quantitative estimate of drug-likeness (QED) is 0.274. The van der Waals surface area contributed by atoms with Crippen LogP contribution in [0.2, 0.25) is 10.0 Å². The number of rotatable bonds is 6. The summed E-state index contributed by atoms with van der Waals surface area (Å²) < 4.78 is 4.40. The molecule has 4 aromatic rings. The molecule has 2 aromatic carbocycles. The maximum atomic E-state index is 6.27. The molecule has 0 unspecified atom stereocenters. The van der Waals surface area contributed by atoms with Gasteiger partial charge in [-0.15, -0.1) is 0 Å². The Kier molecular flexibility index (Phi) is 7.15. The van der Waals surface area contributed by atoms with Crippen molar-refractivity contribution in [3.63, 3.8) is 0 Å². The number of thiocarbonyl (C=S) groups is 1. The van der Waals surface area contributed by atoms with Gasteiger partial charge in [0.05, 0.1) is 29.4 Å². The zero-order valence-electron chi connectivity index (χ0n) is 17.0. The first-order valence-corrected chi connectivity index (χ1v) is 11.6. The van der Waals surface area contributed by atoms with Crippen LogP contribution in [0.5, 0.6) is 0 Å². The van der Waals surface area contributed by atoms with Gasteiger partial charge in [0.25, 0.3) is 0 Å². The summed E-state index contributed by atoms with van der Waals surface area (Å²) in [5, 5.41) is 16.8. The Hall–Kier alpha value is -2.39. The molecule has 4 rings (SSSR count). The van der Waals surface area contributed by atoms with Gasteiger partial charge in [0.15, 0.2) is 10.9 Å². The molecular weight excluding hydrogens is 531 g/mol. The summed E-state index contributed by atoms with van der Waals surface area (Å²) in [6, 6.07) is 13.8. The van der Waals surface area contributed by atoms with Crippen molar-refractivity contribution in [1.82, 2.24) is 19.6 Å². The second-order valence-electron chi connectivity index (χ2n) is 7.25. The maximum Gasteiger partial charge on any atom is 0.176 e. The average Bonchev–Trinajstić information content (AvgIpc) is 3.31. The third kappa shape index (κ3) is 5.89. The lowest BCUT2D eigenvalue weighted by atomic mass is 10.1. The van der Waals surface area contributed by atoms with E-state index >= 15 is 0 Å². The summed E-state index contributed by atoms with van der Waals surface area (Å²) >= 11 is 21.2. The average molecular weight is 550 g/mol. The Labute approximate surface area is 209 Å². The molecule has 2 heterocycles. The van der Waals surface area contributed by atoms with Gasteiger partial charge in [-0.05, 0) is 58.3 Å². The molecule has 0 bridgehead atoms. The number of aromatic nitrogens is 4. The number of anilines is 2.